The molecule has 0 aromatic carbocycles. The fourth-order valence-electron chi connectivity index (χ4n) is 2.13. The SMILES string of the molecule is CC1O[C@@H](O)[C@H]2OC(C)(C)OC2[C@H]1C. The molecule has 2 rings (SSSR count). The molecule has 5 atom stereocenters. The van der Waals surface area contributed by atoms with Crippen LogP contribution in [0.1, 0.15) is 27.7 Å². The van der Waals surface area contributed by atoms with Gasteiger partial charge in [0.25, 0.3) is 0 Å². The predicted octanol–water partition coefficient (Wildman–Crippen LogP) is 0.880. The van der Waals surface area contributed by atoms with Gasteiger partial charge in [-0.3, -0.25) is 0 Å². The molecule has 0 bridgehead atoms. The van der Waals surface area contributed by atoms with Crippen molar-refractivity contribution in [2.24, 2.45) is 5.92 Å². The average molecular weight is 202 g/mol. The van der Waals surface area contributed by atoms with E-state index in [1.54, 1.807) is 0 Å². The molecule has 0 radical (unpaired) electrons. The van der Waals surface area contributed by atoms with Gasteiger partial charge in [0.15, 0.2) is 12.1 Å². The molecule has 0 spiro atoms. The van der Waals surface area contributed by atoms with Crippen molar-refractivity contribution in [2.45, 2.75) is 58.1 Å². The number of fused-ring (bicyclic) bond motifs is 1. The van der Waals surface area contributed by atoms with Gasteiger partial charge in [-0.1, -0.05) is 6.92 Å². The molecule has 2 aliphatic heterocycles. The van der Waals surface area contributed by atoms with Crippen LogP contribution >= 0.6 is 0 Å². The molecule has 0 saturated carbocycles. The molecular formula is C10H18O4. The Bertz CT molecular complexity index is 228. The number of aliphatic hydroxyl groups excluding tert-OH is 1. The summed E-state index contributed by atoms with van der Waals surface area (Å²) in [4.78, 5) is 0. The fourth-order valence-corrected chi connectivity index (χ4v) is 2.13. The van der Waals surface area contributed by atoms with Gasteiger partial charge < -0.3 is 19.3 Å². The van der Waals surface area contributed by atoms with E-state index in [9.17, 15) is 5.11 Å². The third-order valence-electron chi connectivity index (χ3n) is 3.06. The largest absolute Gasteiger partial charge is 0.366 e. The van der Waals surface area contributed by atoms with Crippen LogP contribution < -0.4 is 0 Å². The maximum atomic E-state index is 9.67. The zero-order chi connectivity index (χ0) is 10.5. The Hall–Kier alpha value is -0.160. The summed E-state index contributed by atoms with van der Waals surface area (Å²) >= 11 is 0. The first-order chi connectivity index (χ1) is 6.41. The Morgan fingerprint density at radius 1 is 1.07 bits per heavy atom. The molecular weight excluding hydrogens is 184 g/mol. The number of hydrogen-bond acceptors (Lipinski definition) is 4. The van der Waals surface area contributed by atoms with Crippen LogP contribution in [0.3, 0.4) is 0 Å². The molecule has 2 heterocycles. The second-order valence-electron chi connectivity index (χ2n) is 4.66. The molecule has 82 valence electrons. The highest BCUT2D eigenvalue weighted by molar-refractivity contribution is 4.92. The van der Waals surface area contributed by atoms with Gasteiger partial charge >= 0.3 is 0 Å². The second kappa shape index (κ2) is 3.17. The maximum Gasteiger partial charge on any atom is 0.184 e. The predicted molar refractivity (Wildman–Crippen MR) is 49.5 cm³/mol. The van der Waals surface area contributed by atoms with Gasteiger partial charge in [-0.25, -0.2) is 0 Å². The third-order valence-corrected chi connectivity index (χ3v) is 3.06. The van der Waals surface area contributed by atoms with Crippen LogP contribution in [0.15, 0.2) is 0 Å². The summed E-state index contributed by atoms with van der Waals surface area (Å²) in [6.45, 7) is 7.71. The van der Waals surface area contributed by atoms with E-state index in [2.05, 4.69) is 6.92 Å². The minimum absolute atomic E-state index is 0.00347. The lowest BCUT2D eigenvalue weighted by molar-refractivity contribution is -0.238. The van der Waals surface area contributed by atoms with Crippen molar-refractivity contribution in [3.8, 4) is 0 Å². The summed E-state index contributed by atoms with van der Waals surface area (Å²) in [5.74, 6) is -0.372. The smallest absolute Gasteiger partial charge is 0.184 e. The van der Waals surface area contributed by atoms with Crippen molar-refractivity contribution in [1.29, 1.82) is 0 Å². The Balaban J connectivity index is 2.18. The molecule has 2 fully saturated rings. The Morgan fingerprint density at radius 3 is 2.29 bits per heavy atom. The maximum absolute atomic E-state index is 9.67. The summed E-state index contributed by atoms with van der Waals surface area (Å²) in [6.07, 6.45) is -1.28. The van der Waals surface area contributed by atoms with Crippen LogP contribution in [0.4, 0.5) is 0 Å². The number of aliphatic hydroxyl groups is 1. The fraction of sp³-hybridized carbons (Fsp3) is 1.00. The second-order valence-corrected chi connectivity index (χ2v) is 4.66. The zero-order valence-electron chi connectivity index (χ0n) is 9.06. The van der Waals surface area contributed by atoms with Crippen molar-refractivity contribution in [3.63, 3.8) is 0 Å². The van der Waals surface area contributed by atoms with Crippen LogP contribution in [-0.2, 0) is 14.2 Å². The van der Waals surface area contributed by atoms with Crippen molar-refractivity contribution in [1.82, 2.24) is 0 Å². The molecule has 0 amide bonds. The molecule has 0 aliphatic carbocycles. The summed E-state index contributed by atoms with van der Waals surface area (Å²) in [5.41, 5.74) is 0. The van der Waals surface area contributed by atoms with Gasteiger partial charge in [0.05, 0.1) is 12.2 Å². The highest BCUT2D eigenvalue weighted by Gasteiger charge is 2.52. The standard InChI is InChI=1S/C10H18O4/c1-5-6(2)12-9(11)8-7(5)13-10(3,4)14-8/h5-9,11H,1-4H3/t5-,6?,7?,8-,9+/m0/s1. The van der Waals surface area contributed by atoms with Gasteiger partial charge in [0.2, 0.25) is 0 Å². The molecule has 2 unspecified atom stereocenters. The first-order valence-electron chi connectivity index (χ1n) is 5.10. The minimum Gasteiger partial charge on any atom is -0.366 e. The van der Waals surface area contributed by atoms with E-state index >= 15 is 0 Å². The molecule has 14 heavy (non-hydrogen) atoms. The number of ether oxygens (including phenoxy) is 3. The normalized spacial score (nSPS) is 51.6. The van der Waals surface area contributed by atoms with Crippen molar-refractivity contribution < 1.29 is 19.3 Å². The Labute approximate surface area is 84.1 Å². The average Bonchev–Trinajstić information content (AvgIpc) is 2.38. The van der Waals surface area contributed by atoms with Gasteiger partial charge in [0, 0.05) is 5.92 Å². The van der Waals surface area contributed by atoms with E-state index in [1.807, 2.05) is 20.8 Å². The molecule has 0 aromatic heterocycles. The first-order valence-corrected chi connectivity index (χ1v) is 5.10. The molecule has 4 heteroatoms. The highest BCUT2D eigenvalue weighted by atomic mass is 16.8. The van der Waals surface area contributed by atoms with Crippen LogP contribution in [0.2, 0.25) is 0 Å². The van der Waals surface area contributed by atoms with Crippen LogP contribution in [0, 0.1) is 5.92 Å². The van der Waals surface area contributed by atoms with E-state index in [-0.39, 0.29) is 24.2 Å². The minimum atomic E-state index is -0.868. The Morgan fingerprint density at radius 2 is 1.64 bits per heavy atom. The summed E-state index contributed by atoms with van der Waals surface area (Å²) in [7, 11) is 0. The van der Waals surface area contributed by atoms with Crippen molar-refractivity contribution >= 4 is 0 Å². The first kappa shape index (κ1) is 10.4. The van der Waals surface area contributed by atoms with E-state index in [0.717, 1.165) is 0 Å². The summed E-state index contributed by atoms with van der Waals surface area (Å²) in [6, 6.07) is 0. The monoisotopic (exact) mass is 202 g/mol. The quantitative estimate of drug-likeness (QED) is 0.633. The van der Waals surface area contributed by atoms with Crippen LogP contribution in [0.25, 0.3) is 0 Å². The zero-order valence-corrected chi connectivity index (χ0v) is 9.06. The van der Waals surface area contributed by atoms with Crippen molar-refractivity contribution in [3.05, 3.63) is 0 Å². The number of rotatable bonds is 0. The Kier molecular flexibility index (Phi) is 2.34. The van der Waals surface area contributed by atoms with Crippen LogP contribution in [0.5, 0.6) is 0 Å². The molecule has 4 nitrogen and oxygen atoms in total. The van der Waals surface area contributed by atoms with E-state index < -0.39 is 12.1 Å². The van der Waals surface area contributed by atoms with Gasteiger partial charge in [-0.15, -0.1) is 0 Å². The lowest BCUT2D eigenvalue weighted by atomic mass is 9.92. The van der Waals surface area contributed by atoms with Gasteiger partial charge in [-0.05, 0) is 20.8 Å². The lowest BCUT2D eigenvalue weighted by Gasteiger charge is -2.37. The molecule has 0 aromatic rings. The highest BCUT2D eigenvalue weighted by Crippen LogP contribution is 2.39. The molecule has 1 N–H and O–H groups in total. The third kappa shape index (κ3) is 1.56. The topological polar surface area (TPSA) is 47.9 Å². The van der Waals surface area contributed by atoms with Gasteiger partial charge in [-0.2, -0.15) is 0 Å². The number of hydrogen-bond donors (Lipinski definition) is 1. The van der Waals surface area contributed by atoms with E-state index in [4.69, 9.17) is 14.2 Å². The summed E-state index contributed by atoms with van der Waals surface area (Å²) < 4.78 is 16.7. The van der Waals surface area contributed by atoms with E-state index in [1.165, 1.54) is 0 Å². The van der Waals surface area contributed by atoms with Gasteiger partial charge in [0.1, 0.15) is 6.10 Å². The lowest BCUT2D eigenvalue weighted by Crippen LogP contribution is -2.50. The molecule has 2 aliphatic rings. The summed E-state index contributed by atoms with van der Waals surface area (Å²) in [5, 5.41) is 9.67. The molecule has 2 saturated heterocycles. The van der Waals surface area contributed by atoms with Crippen LogP contribution in [-0.4, -0.2) is 35.5 Å². The van der Waals surface area contributed by atoms with Crippen molar-refractivity contribution in [2.75, 3.05) is 0 Å². The van der Waals surface area contributed by atoms with E-state index in [0.29, 0.717) is 0 Å².